The first kappa shape index (κ1) is 21.9. The summed E-state index contributed by atoms with van der Waals surface area (Å²) < 4.78 is 18.5. The second-order valence-corrected chi connectivity index (χ2v) is 9.89. The fourth-order valence-corrected chi connectivity index (χ4v) is 3.78. The van der Waals surface area contributed by atoms with Gasteiger partial charge in [0, 0.05) is 61.7 Å². The van der Waals surface area contributed by atoms with Crippen molar-refractivity contribution in [2.45, 2.75) is 51.9 Å². The summed E-state index contributed by atoms with van der Waals surface area (Å²) in [5.74, 6) is 2.51. The molecule has 0 aromatic carbocycles. The number of anilines is 1. The van der Waals surface area contributed by atoms with E-state index in [9.17, 15) is 4.39 Å². The largest absolute Gasteiger partial charge is 0.463 e. The van der Waals surface area contributed by atoms with Crippen LogP contribution >= 0.6 is 0 Å². The number of hydrogen-bond donors (Lipinski definition) is 0. The molecule has 2 aliphatic rings. The zero-order valence-corrected chi connectivity index (χ0v) is 19.0. The van der Waals surface area contributed by atoms with Crippen molar-refractivity contribution in [3.63, 3.8) is 0 Å². The monoisotopic (exact) mass is 428 g/mol. The van der Waals surface area contributed by atoms with Crippen LogP contribution in [0.2, 0.25) is 0 Å². The number of hydrogen-bond acceptors (Lipinski definition) is 7. The minimum absolute atomic E-state index is 0.0505. The van der Waals surface area contributed by atoms with E-state index in [0.29, 0.717) is 18.4 Å². The summed E-state index contributed by atoms with van der Waals surface area (Å²) in [5.41, 5.74) is 1.16. The molecule has 0 radical (unpaired) electrons. The Labute approximate surface area is 184 Å². The second kappa shape index (κ2) is 9.02. The molecule has 0 spiro atoms. The highest BCUT2D eigenvalue weighted by atomic mass is 19.1. The van der Waals surface area contributed by atoms with Crippen molar-refractivity contribution in [1.29, 1.82) is 0 Å². The maximum Gasteiger partial charge on any atom is 0.316 e. The van der Waals surface area contributed by atoms with E-state index < -0.39 is 5.82 Å². The van der Waals surface area contributed by atoms with Gasteiger partial charge in [-0.25, -0.2) is 24.3 Å². The predicted molar refractivity (Wildman–Crippen MR) is 118 cm³/mol. The molecule has 31 heavy (non-hydrogen) atoms. The average Bonchev–Trinajstić information content (AvgIpc) is 3.58. The lowest BCUT2D eigenvalue weighted by molar-refractivity contribution is 0.172. The molecule has 0 bridgehead atoms. The summed E-state index contributed by atoms with van der Waals surface area (Å²) in [6, 6.07) is 2.43. The standard InChI is InChI=1S/C23H33FN6O/c1-16(15-31-22-25-12-18(24)13-26-22)14-29-7-9-30(10-8-29)20-11-19(17-5-6-17)27-21(28-20)23(2,3)4/h11-13,16-17H,5-10,14-15H2,1-4H3/t16-/m0/s1. The lowest BCUT2D eigenvalue weighted by Crippen LogP contribution is -2.48. The van der Waals surface area contributed by atoms with Crippen LogP contribution in [0.3, 0.4) is 0 Å². The topological polar surface area (TPSA) is 67.3 Å². The van der Waals surface area contributed by atoms with E-state index in [1.165, 1.54) is 18.5 Å². The molecule has 3 heterocycles. The van der Waals surface area contributed by atoms with Crippen molar-refractivity contribution in [3.05, 3.63) is 35.8 Å². The molecule has 2 fully saturated rings. The molecule has 168 valence electrons. The summed E-state index contributed by atoms with van der Waals surface area (Å²) in [6.45, 7) is 14.0. The summed E-state index contributed by atoms with van der Waals surface area (Å²) >= 11 is 0. The number of halogens is 1. The van der Waals surface area contributed by atoms with Crippen molar-refractivity contribution < 1.29 is 9.13 Å². The minimum Gasteiger partial charge on any atom is -0.463 e. The first-order valence-electron chi connectivity index (χ1n) is 11.2. The van der Waals surface area contributed by atoms with Gasteiger partial charge in [0.15, 0.2) is 5.82 Å². The lowest BCUT2D eigenvalue weighted by atomic mass is 9.95. The second-order valence-electron chi connectivity index (χ2n) is 9.89. The summed E-state index contributed by atoms with van der Waals surface area (Å²) in [6.07, 6.45) is 4.74. The SMILES string of the molecule is C[C@H](COc1ncc(F)cn1)CN1CCN(c2cc(C3CC3)nc(C(C)(C)C)n2)CC1. The molecule has 1 saturated carbocycles. The molecule has 0 N–H and O–H groups in total. The van der Waals surface area contributed by atoms with Gasteiger partial charge in [-0.3, -0.25) is 4.90 Å². The van der Waals surface area contributed by atoms with E-state index in [1.54, 1.807) is 0 Å². The Morgan fingerprint density at radius 3 is 2.39 bits per heavy atom. The van der Waals surface area contributed by atoms with Gasteiger partial charge in [0.05, 0.1) is 19.0 Å². The van der Waals surface area contributed by atoms with Crippen LogP contribution in [0.5, 0.6) is 6.01 Å². The van der Waals surface area contributed by atoms with Crippen molar-refractivity contribution >= 4 is 5.82 Å². The van der Waals surface area contributed by atoms with Gasteiger partial charge >= 0.3 is 6.01 Å². The van der Waals surface area contributed by atoms with Gasteiger partial charge in [-0.05, 0) is 12.8 Å². The molecular weight excluding hydrogens is 395 g/mol. The Bertz CT molecular complexity index is 873. The number of ether oxygens (including phenoxy) is 1. The first-order valence-corrected chi connectivity index (χ1v) is 11.2. The molecular formula is C23H33FN6O. The number of piperazine rings is 1. The highest BCUT2D eigenvalue weighted by Gasteiger charge is 2.30. The van der Waals surface area contributed by atoms with Crippen LogP contribution in [0.1, 0.15) is 58.0 Å². The molecule has 7 nitrogen and oxygen atoms in total. The Morgan fingerprint density at radius 2 is 1.77 bits per heavy atom. The Morgan fingerprint density at radius 1 is 1.10 bits per heavy atom. The summed E-state index contributed by atoms with van der Waals surface area (Å²) in [4.78, 5) is 22.4. The molecule has 1 saturated heterocycles. The van der Waals surface area contributed by atoms with Crippen molar-refractivity contribution in [2.24, 2.45) is 5.92 Å². The van der Waals surface area contributed by atoms with Crippen molar-refractivity contribution in [2.75, 3.05) is 44.2 Å². The van der Waals surface area contributed by atoms with E-state index in [4.69, 9.17) is 14.7 Å². The number of aromatic nitrogens is 4. The highest BCUT2D eigenvalue weighted by Crippen LogP contribution is 2.40. The van der Waals surface area contributed by atoms with Gasteiger partial charge in [0.1, 0.15) is 11.6 Å². The third kappa shape index (κ3) is 5.87. The van der Waals surface area contributed by atoms with Crippen molar-refractivity contribution in [3.8, 4) is 6.01 Å². The van der Waals surface area contributed by atoms with Crippen LogP contribution in [0.4, 0.5) is 10.2 Å². The smallest absolute Gasteiger partial charge is 0.316 e. The first-order chi connectivity index (χ1) is 14.8. The third-order valence-corrected chi connectivity index (χ3v) is 5.76. The molecule has 2 aromatic rings. The van der Waals surface area contributed by atoms with E-state index in [1.807, 2.05) is 0 Å². The van der Waals surface area contributed by atoms with Crippen LogP contribution in [0.25, 0.3) is 0 Å². The number of nitrogens with zero attached hydrogens (tertiary/aromatic N) is 6. The molecule has 8 heteroatoms. The average molecular weight is 429 g/mol. The van der Waals surface area contributed by atoms with Crippen LogP contribution in [-0.4, -0.2) is 64.2 Å². The van der Waals surface area contributed by atoms with Gasteiger partial charge in [-0.2, -0.15) is 0 Å². The van der Waals surface area contributed by atoms with Gasteiger partial charge in [-0.1, -0.05) is 27.7 Å². The Balaban J connectivity index is 1.30. The van der Waals surface area contributed by atoms with E-state index in [-0.39, 0.29) is 11.4 Å². The van der Waals surface area contributed by atoms with Crippen molar-refractivity contribution in [1.82, 2.24) is 24.8 Å². The normalized spacial score (nSPS) is 18.8. The zero-order chi connectivity index (χ0) is 22.0. The van der Waals surface area contributed by atoms with Crippen LogP contribution in [0.15, 0.2) is 18.5 Å². The van der Waals surface area contributed by atoms with Crippen LogP contribution < -0.4 is 9.64 Å². The molecule has 0 amide bonds. The summed E-state index contributed by atoms with van der Waals surface area (Å²) in [7, 11) is 0. The van der Waals surface area contributed by atoms with E-state index in [0.717, 1.165) is 56.8 Å². The predicted octanol–water partition coefficient (Wildman–Crippen LogP) is 3.42. The Hall–Kier alpha value is -2.35. The Kier molecular flexibility index (Phi) is 6.36. The molecule has 0 unspecified atom stereocenters. The molecule has 2 aromatic heterocycles. The van der Waals surface area contributed by atoms with Gasteiger partial charge in [0.25, 0.3) is 0 Å². The van der Waals surface area contributed by atoms with Crippen LogP contribution in [0, 0.1) is 11.7 Å². The summed E-state index contributed by atoms with van der Waals surface area (Å²) in [5, 5.41) is 0. The van der Waals surface area contributed by atoms with Crippen LogP contribution in [-0.2, 0) is 5.41 Å². The zero-order valence-electron chi connectivity index (χ0n) is 19.0. The fourth-order valence-electron chi connectivity index (χ4n) is 3.78. The molecule has 4 rings (SSSR count). The highest BCUT2D eigenvalue weighted by molar-refractivity contribution is 5.42. The van der Waals surface area contributed by atoms with E-state index >= 15 is 0 Å². The fraction of sp³-hybridized carbons (Fsp3) is 0.652. The maximum absolute atomic E-state index is 12.9. The lowest BCUT2D eigenvalue weighted by Gasteiger charge is -2.37. The quantitative estimate of drug-likeness (QED) is 0.669. The minimum atomic E-state index is -0.458. The van der Waals surface area contributed by atoms with E-state index in [2.05, 4.69) is 53.5 Å². The molecule has 1 aliphatic carbocycles. The van der Waals surface area contributed by atoms with Gasteiger partial charge in [0.2, 0.25) is 0 Å². The van der Waals surface area contributed by atoms with Gasteiger partial charge < -0.3 is 9.64 Å². The maximum atomic E-state index is 12.9. The third-order valence-electron chi connectivity index (χ3n) is 5.76. The molecule has 1 aliphatic heterocycles. The van der Waals surface area contributed by atoms with Gasteiger partial charge in [-0.15, -0.1) is 0 Å². The number of rotatable bonds is 7. The molecule has 1 atom stereocenters.